The van der Waals surface area contributed by atoms with E-state index in [2.05, 4.69) is 15.0 Å². The van der Waals surface area contributed by atoms with Crippen LogP contribution in [0.2, 0.25) is 0 Å². The van der Waals surface area contributed by atoms with E-state index >= 15 is 0 Å². The lowest BCUT2D eigenvalue weighted by Crippen LogP contribution is -2.41. The first-order valence-corrected chi connectivity index (χ1v) is 10.2. The number of hydrogen-bond acceptors (Lipinski definition) is 9. The third-order valence-corrected chi connectivity index (χ3v) is 5.60. The molecule has 4 rings (SSSR count). The Bertz CT molecular complexity index is 978. The van der Waals surface area contributed by atoms with Crippen LogP contribution in [0.5, 0.6) is 0 Å². The van der Waals surface area contributed by atoms with Crippen molar-refractivity contribution in [3.8, 4) is 0 Å². The van der Waals surface area contributed by atoms with Crippen LogP contribution in [-0.4, -0.2) is 55.3 Å². The Morgan fingerprint density at radius 3 is 3.15 bits per heavy atom. The van der Waals surface area contributed by atoms with Gasteiger partial charge < -0.3 is 19.4 Å². The van der Waals surface area contributed by atoms with E-state index in [0.29, 0.717) is 22.2 Å². The van der Waals surface area contributed by atoms with Crippen LogP contribution in [0.25, 0.3) is 11.2 Å². The Hall–Kier alpha value is -1.69. The van der Waals surface area contributed by atoms with Crippen LogP contribution in [-0.2, 0) is 27.9 Å². The molecular weight excluding hydrogens is 399 g/mol. The highest BCUT2D eigenvalue weighted by Gasteiger charge is 2.55. The second-order valence-electron chi connectivity index (χ2n) is 6.16. The normalized spacial score (nSPS) is 33.1. The average molecular weight is 416 g/mol. The molecule has 0 amide bonds. The number of aromatic amines is 1. The highest BCUT2D eigenvalue weighted by molar-refractivity contribution is 7.71. The standard InChI is InChI=1S/C14H17N4O7PS/c1-2-3-8(19)24-11-10-7(4-22-26(20,21)25-10)23-14(11)18-6-17-9-12(18)15-5-16-13(9)27/h5-7,10-11,14H,2-4H2,1H3,(H,20,21)(H,15,16,27)/t7-,10-,11-,14-/m1/s1. The van der Waals surface area contributed by atoms with Crippen LogP contribution in [0, 0.1) is 4.64 Å². The van der Waals surface area contributed by atoms with Crippen molar-refractivity contribution in [2.45, 2.75) is 44.3 Å². The highest BCUT2D eigenvalue weighted by Crippen LogP contribution is 2.53. The largest absolute Gasteiger partial charge is 0.472 e. The Morgan fingerprint density at radius 1 is 1.56 bits per heavy atom. The molecule has 11 nitrogen and oxygen atoms in total. The van der Waals surface area contributed by atoms with E-state index in [1.54, 1.807) is 4.57 Å². The Balaban J connectivity index is 1.73. The predicted octanol–water partition coefficient (Wildman–Crippen LogP) is 1.61. The van der Waals surface area contributed by atoms with Gasteiger partial charge in [0.05, 0.1) is 19.3 Å². The molecule has 2 aromatic heterocycles. The molecule has 13 heteroatoms. The Kier molecular flexibility index (Phi) is 4.87. The monoisotopic (exact) mass is 416 g/mol. The molecule has 0 aromatic carbocycles. The highest BCUT2D eigenvalue weighted by atomic mass is 32.1. The van der Waals surface area contributed by atoms with Gasteiger partial charge in [0.25, 0.3) is 0 Å². The minimum atomic E-state index is -4.24. The summed E-state index contributed by atoms with van der Waals surface area (Å²) in [5.41, 5.74) is 0.970. The van der Waals surface area contributed by atoms with Gasteiger partial charge in [-0.2, -0.15) is 0 Å². The number of phosphoric ester groups is 1. The van der Waals surface area contributed by atoms with Crippen molar-refractivity contribution >= 4 is 37.2 Å². The summed E-state index contributed by atoms with van der Waals surface area (Å²) in [7, 11) is -4.24. The molecule has 2 saturated heterocycles. The summed E-state index contributed by atoms with van der Waals surface area (Å²) in [6.45, 7) is 1.68. The molecule has 0 saturated carbocycles. The lowest BCUT2D eigenvalue weighted by molar-refractivity contribution is -0.158. The van der Waals surface area contributed by atoms with Crippen molar-refractivity contribution in [3.05, 3.63) is 17.3 Å². The second kappa shape index (κ2) is 7.04. The number of nitrogens with one attached hydrogen (secondary N) is 1. The number of ether oxygens (including phenoxy) is 2. The fraction of sp³-hybridized carbons (Fsp3) is 0.571. The number of carbonyl (C=O) groups excluding carboxylic acids is 1. The fourth-order valence-corrected chi connectivity index (χ4v) is 4.31. The molecule has 1 unspecified atom stereocenters. The third-order valence-electron chi connectivity index (χ3n) is 4.32. The van der Waals surface area contributed by atoms with Crippen LogP contribution in [0.1, 0.15) is 26.0 Å². The number of fused-ring (bicyclic) bond motifs is 2. The first kappa shape index (κ1) is 18.7. The topological polar surface area (TPSA) is 138 Å². The maximum absolute atomic E-state index is 12.1. The zero-order valence-electron chi connectivity index (χ0n) is 14.2. The Morgan fingerprint density at radius 2 is 2.37 bits per heavy atom. The third kappa shape index (κ3) is 3.44. The number of hydrogen-bond donors (Lipinski definition) is 2. The number of rotatable bonds is 4. The molecule has 0 bridgehead atoms. The predicted molar refractivity (Wildman–Crippen MR) is 92.1 cm³/mol. The van der Waals surface area contributed by atoms with Crippen molar-refractivity contribution in [3.63, 3.8) is 0 Å². The van der Waals surface area contributed by atoms with E-state index in [9.17, 15) is 14.3 Å². The minimum absolute atomic E-state index is 0.166. The summed E-state index contributed by atoms with van der Waals surface area (Å²) >= 11 is 5.16. The average Bonchev–Trinajstić information content (AvgIpc) is 3.17. The van der Waals surface area contributed by atoms with Gasteiger partial charge in [-0.15, -0.1) is 0 Å². The molecule has 0 aliphatic carbocycles. The zero-order valence-corrected chi connectivity index (χ0v) is 15.9. The molecule has 5 atom stereocenters. The van der Waals surface area contributed by atoms with Crippen LogP contribution < -0.4 is 0 Å². The van der Waals surface area contributed by atoms with Crippen LogP contribution in [0.3, 0.4) is 0 Å². The van der Waals surface area contributed by atoms with E-state index in [0.717, 1.165) is 0 Å². The maximum atomic E-state index is 12.1. The van der Waals surface area contributed by atoms with Gasteiger partial charge in [-0.3, -0.25) is 18.4 Å². The van der Waals surface area contributed by atoms with Crippen molar-refractivity contribution in [2.24, 2.45) is 0 Å². The van der Waals surface area contributed by atoms with E-state index in [-0.39, 0.29) is 13.0 Å². The molecule has 2 fully saturated rings. The van der Waals surface area contributed by atoms with Crippen molar-refractivity contribution in [1.82, 2.24) is 19.5 Å². The van der Waals surface area contributed by atoms with E-state index in [1.165, 1.54) is 12.7 Å². The summed E-state index contributed by atoms with van der Waals surface area (Å²) in [6, 6.07) is 0. The van der Waals surface area contributed by atoms with E-state index in [4.69, 9.17) is 30.7 Å². The summed E-state index contributed by atoms with van der Waals surface area (Å²) in [4.78, 5) is 32.9. The molecular formula is C14H17N4O7PS. The summed E-state index contributed by atoms with van der Waals surface area (Å²) in [5.74, 6) is -0.460. The van der Waals surface area contributed by atoms with Crippen LogP contribution in [0.4, 0.5) is 0 Å². The molecule has 2 aliphatic heterocycles. The number of aromatic nitrogens is 4. The summed E-state index contributed by atoms with van der Waals surface area (Å²) in [5, 5.41) is 0. The number of nitrogens with zero attached hydrogens (tertiary/aromatic N) is 3. The zero-order chi connectivity index (χ0) is 19.2. The van der Waals surface area contributed by atoms with Gasteiger partial charge in [0.15, 0.2) is 17.0 Å². The smallest absolute Gasteiger partial charge is 0.455 e. The summed E-state index contributed by atoms with van der Waals surface area (Å²) in [6.07, 6.45) is 0.233. The van der Waals surface area contributed by atoms with E-state index in [1.807, 2.05) is 6.92 Å². The van der Waals surface area contributed by atoms with Gasteiger partial charge in [0, 0.05) is 6.42 Å². The van der Waals surface area contributed by atoms with Crippen LogP contribution >= 0.6 is 20.0 Å². The van der Waals surface area contributed by atoms with Gasteiger partial charge in [-0.25, -0.2) is 14.5 Å². The molecule has 0 spiro atoms. The number of phosphoric acid groups is 1. The number of imidazole rings is 1. The molecule has 2 N–H and O–H groups in total. The van der Waals surface area contributed by atoms with E-state index < -0.39 is 38.3 Å². The number of esters is 1. The number of H-pyrrole nitrogens is 1. The lowest BCUT2D eigenvalue weighted by Gasteiger charge is -2.29. The first-order chi connectivity index (χ1) is 12.9. The fourth-order valence-electron chi connectivity index (χ4n) is 3.15. The minimum Gasteiger partial charge on any atom is -0.455 e. The lowest BCUT2D eigenvalue weighted by atomic mass is 10.1. The molecule has 4 heterocycles. The number of carbonyl (C=O) groups is 1. The van der Waals surface area contributed by atoms with Crippen molar-refractivity contribution < 1.29 is 32.8 Å². The van der Waals surface area contributed by atoms with Crippen molar-refractivity contribution in [1.29, 1.82) is 0 Å². The summed E-state index contributed by atoms with van der Waals surface area (Å²) < 4.78 is 35.2. The quantitative estimate of drug-likeness (QED) is 0.429. The first-order valence-electron chi connectivity index (χ1n) is 8.30. The molecule has 27 heavy (non-hydrogen) atoms. The van der Waals surface area contributed by atoms with Crippen LogP contribution in [0.15, 0.2) is 12.7 Å². The molecule has 2 aliphatic rings. The molecule has 146 valence electrons. The SMILES string of the molecule is CCCC(=O)O[C@@H]1[C@@H]2OP(=O)(O)OC[C@H]2O[C@H]1n1cnc2c(=S)nc[nH]c21. The van der Waals surface area contributed by atoms with Gasteiger partial charge in [-0.1, -0.05) is 19.1 Å². The molecule has 0 radical (unpaired) electrons. The van der Waals surface area contributed by atoms with Gasteiger partial charge in [-0.05, 0) is 6.42 Å². The van der Waals surface area contributed by atoms with Gasteiger partial charge in [0.1, 0.15) is 23.4 Å². The second-order valence-corrected chi connectivity index (χ2v) is 7.95. The van der Waals surface area contributed by atoms with Crippen molar-refractivity contribution in [2.75, 3.05) is 6.61 Å². The molecule has 2 aromatic rings. The van der Waals surface area contributed by atoms with Gasteiger partial charge in [0.2, 0.25) is 0 Å². The van der Waals surface area contributed by atoms with Gasteiger partial charge >= 0.3 is 13.8 Å². The maximum Gasteiger partial charge on any atom is 0.472 e. The Labute approximate surface area is 158 Å².